The van der Waals surface area contributed by atoms with Crippen LogP contribution in [-0.2, 0) is 22.7 Å². The van der Waals surface area contributed by atoms with Gasteiger partial charge in [-0.2, -0.15) is 5.10 Å². The molecule has 1 N–H and O–H groups in total. The third kappa shape index (κ3) is 3.93. The number of carbonyl (C=O) groups is 2. The Morgan fingerprint density at radius 1 is 1.19 bits per heavy atom. The molecule has 32 heavy (non-hydrogen) atoms. The Bertz CT molecular complexity index is 1130. The Kier molecular flexibility index (Phi) is 5.51. The Hall–Kier alpha value is -3.06. The van der Waals surface area contributed by atoms with E-state index < -0.39 is 0 Å². The summed E-state index contributed by atoms with van der Waals surface area (Å²) in [5, 5.41) is 7.34. The Morgan fingerprint density at radius 2 is 2.00 bits per heavy atom. The number of benzene rings is 2. The van der Waals surface area contributed by atoms with Crippen LogP contribution >= 0.6 is 11.8 Å². The summed E-state index contributed by atoms with van der Waals surface area (Å²) in [6.45, 7) is 3.24. The van der Waals surface area contributed by atoms with Gasteiger partial charge in [0.1, 0.15) is 6.04 Å². The van der Waals surface area contributed by atoms with Crippen LogP contribution in [0.15, 0.2) is 67.0 Å². The van der Waals surface area contributed by atoms with Crippen LogP contribution < -0.4 is 5.32 Å². The fraction of sp³-hybridized carbons (Fsp3) is 0.320. The molecule has 0 spiro atoms. The van der Waals surface area contributed by atoms with E-state index >= 15 is 0 Å². The molecule has 2 saturated heterocycles. The summed E-state index contributed by atoms with van der Waals surface area (Å²) >= 11 is 1.72. The molecule has 0 aliphatic carbocycles. The lowest BCUT2D eigenvalue weighted by Gasteiger charge is -2.29. The second-order valence-corrected chi connectivity index (χ2v) is 10.0. The van der Waals surface area contributed by atoms with Crippen molar-refractivity contribution in [1.82, 2.24) is 20.0 Å². The lowest BCUT2D eigenvalue weighted by atomic mass is 9.98. The van der Waals surface area contributed by atoms with Crippen LogP contribution in [0.1, 0.15) is 30.9 Å². The highest BCUT2D eigenvalue weighted by atomic mass is 32.2. The van der Waals surface area contributed by atoms with Gasteiger partial charge in [0.2, 0.25) is 11.8 Å². The predicted molar refractivity (Wildman–Crippen MR) is 126 cm³/mol. The molecule has 3 aromatic rings. The number of hydrogen-bond acceptors (Lipinski definition) is 4. The summed E-state index contributed by atoms with van der Waals surface area (Å²) in [6.07, 6.45) is 5.09. The lowest BCUT2D eigenvalue weighted by molar-refractivity contribution is -0.138. The van der Waals surface area contributed by atoms with E-state index in [1.165, 1.54) is 5.56 Å². The van der Waals surface area contributed by atoms with Gasteiger partial charge in [-0.05, 0) is 41.7 Å². The highest BCUT2D eigenvalue weighted by Gasteiger charge is 2.52. The van der Waals surface area contributed by atoms with Crippen LogP contribution in [0.4, 0.5) is 0 Å². The molecule has 2 aromatic carbocycles. The van der Waals surface area contributed by atoms with Crippen molar-refractivity contribution in [2.75, 3.05) is 5.75 Å². The molecule has 1 aromatic heterocycles. The molecule has 6 nitrogen and oxygen atoms in total. The van der Waals surface area contributed by atoms with Crippen molar-refractivity contribution in [1.29, 1.82) is 0 Å². The Morgan fingerprint density at radius 3 is 2.78 bits per heavy atom. The van der Waals surface area contributed by atoms with Crippen LogP contribution in [0.25, 0.3) is 11.1 Å². The van der Waals surface area contributed by atoms with Crippen LogP contribution in [0.3, 0.4) is 0 Å². The highest BCUT2D eigenvalue weighted by Crippen LogP contribution is 2.47. The van der Waals surface area contributed by atoms with Crippen molar-refractivity contribution in [2.45, 2.75) is 43.8 Å². The summed E-state index contributed by atoms with van der Waals surface area (Å²) in [7, 11) is 0. The second kappa shape index (κ2) is 8.47. The maximum absolute atomic E-state index is 13.0. The standard InChI is InChI=1S/C25H26N4O2S/c1-25-12-11-23(30)29(25)22(17-32-25)24(31)26-15-20-5-2-3-6-21(20)19-9-7-18(8-10-19)16-28-14-4-13-27-28/h2-10,13-14,22H,11-12,15-17H2,1H3,(H,26,31). The maximum atomic E-state index is 13.0. The summed E-state index contributed by atoms with van der Waals surface area (Å²) in [5.41, 5.74) is 4.45. The fourth-order valence-electron chi connectivity index (χ4n) is 4.64. The van der Waals surface area contributed by atoms with Crippen molar-refractivity contribution in [2.24, 2.45) is 0 Å². The number of fused-ring (bicyclic) bond motifs is 1. The van der Waals surface area contributed by atoms with E-state index in [0.29, 0.717) is 18.7 Å². The fourth-order valence-corrected chi connectivity index (χ4v) is 6.07. The lowest BCUT2D eigenvalue weighted by Crippen LogP contribution is -2.49. The average molecular weight is 447 g/mol. The number of hydrogen-bond donors (Lipinski definition) is 1. The molecule has 0 radical (unpaired) electrons. The molecule has 2 amide bonds. The first-order valence-corrected chi connectivity index (χ1v) is 11.9. The van der Waals surface area contributed by atoms with Crippen molar-refractivity contribution >= 4 is 23.6 Å². The molecule has 2 aliphatic rings. The first-order valence-electron chi connectivity index (χ1n) is 10.9. The van der Waals surface area contributed by atoms with Gasteiger partial charge < -0.3 is 10.2 Å². The highest BCUT2D eigenvalue weighted by molar-refractivity contribution is 8.01. The predicted octanol–water partition coefficient (Wildman–Crippen LogP) is 3.67. The van der Waals surface area contributed by atoms with Gasteiger partial charge >= 0.3 is 0 Å². The molecule has 0 bridgehead atoms. The molecule has 2 atom stereocenters. The number of nitrogens with zero attached hydrogens (tertiary/aromatic N) is 3. The molecule has 7 heteroatoms. The summed E-state index contributed by atoms with van der Waals surface area (Å²) in [5.74, 6) is 0.682. The number of nitrogens with one attached hydrogen (secondary N) is 1. The molecule has 2 unspecified atom stereocenters. The van der Waals surface area contributed by atoms with Gasteiger partial charge in [0.25, 0.3) is 0 Å². The first-order chi connectivity index (χ1) is 15.5. The van der Waals surface area contributed by atoms with Crippen LogP contribution in [0.2, 0.25) is 0 Å². The quantitative estimate of drug-likeness (QED) is 0.627. The number of rotatable bonds is 6. The number of aromatic nitrogens is 2. The molecule has 0 saturated carbocycles. The number of amides is 2. The minimum absolute atomic E-state index is 0.0687. The van der Waals surface area contributed by atoms with E-state index in [9.17, 15) is 9.59 Å². The average Bonchev–Trinajstić information content (AvgIpc) is 3.51. The summed E-state index contributed by atoms with van der Waals surface area (Å²) in [4.78, 5) is 26.9. The van der Waals surface area contributed by atoms with Gasteiger partial charge in [-0.1, -0.05) is 48.5 Å². The minimum Gasteiger partial charge on any atom is -0.350 e. The zero-order valence-electron chi connectivity index (χ0n) is 18.0. The zero-order chi connectivity index (χ0) is 22.1. The van der Waals surface area contributed by atoms with Gasteiger partial charge in [0, 0.05) is 31.1 Å². The van der Waals surface area contributed by atoms with Crippen LogP contribution in [0.5, 0.6) is 0 Å². The van der Waals surface area contributed by atoms with E-state index in [-0.39, 0.29) is 22.7 Å². The van der Waals surface area contributed by atoms with E-state index in [0.717, 1.165) is 29.7 Å². The first kappa shape index (κ1) is 20.8. The largest absolute Gasteiger partial charge is 0.350 e. The van der Waals surface area contributed by atoms with Crippen molar-refractivity contribution < 1.29 is 9.59 Å². The molecular formula is C25H26N4O2S. The van der Waals surface area contributed by atoms with Crippen molar-refractivity contribution in [3.05, 3.63) is 78.1 Å². The van der Waals surface area contributed by atoms with Crippen LogP contribution in [0, 0.1) is 0 Å². The molecular weight excluding hydrogens is 420 g/mol. The van der Waals surface area contributed by atoms with Crippen LogP contribution in [-0.4, -0.2) is 43.2 Å². The molecule has 2 aliphatic heterocycles. The summed E-state index contributed by atoms with van der Waals surface area (Å²) in [6, 6.07) is 18.1. The third-order valence-corrected chi connectivity index (χ3v) is 7.89. The third-order valence-electron chi connectivity index (χ3n) is 6.39. The minimum atomic E-state index is -0.381. The van der Waals surface area contributed by atoms with E-state index in [1.807, 2.05) is 35.1 Å². The van der Waals surface area contributed by atoms with E-state index in [2.05, 4.69) is 47.7 Å². The molecule has 5 rings (SSSR count). The maximum Gasteiger partial charge on any atom is 0.243 e. The SMILES string of the molecule is CC12CCC(=O)N1C(C(=O)NCc1ccccc1-c1ccc(Cn3cccn3)cc1)CS2. The number of thioether (sulfide) groups is 1. The molecule has 2 fully saturated rings. The van der Waals surface area contributed by atoms with Gasteiger partial charge in [-0.25, -0.2) is 0 Å². The van der Waals surface area contributed by atoms with E-state index in [4.69, 9.17) is 0 Å². The normalized spacial score (nSPS) is 22.2. The second-order valence-electron chi connectivity index (χ2n) is 8.54. The molecule has 3 heterocycles. The smallest absolute Gasteiger partial charge is 0.243 e. The van der Waals surface area contributed by atoms with Crippen molar-refractivity contribution in [3.63, 3.8) is 0 Å². The van der Waals surface area contributed by atoms with E-state index in [1.54, 1.807) is 22.9 Å². The van der Waals surface area contributed by atoms with Crippen molar-refractivity contribution in [3.8, 4) is 11.1 Å². The monoisotopic (exact) mass is 446 g/mol. The van der Waals surface area contributed by atoms with Gasteiger partial charge in [0.15, 0.2) is 0 Å². The Balaban J connectivity index is 1.28. The summed E-state index contributed by atoms with van der Waals surface area (Å²) < 4.78 is 1.90. The number of carbonyl (C=O) groups excluding carboxylic acids is 2. The molecule has 164 valence electrons. The van der Waals surface area contributed by atoms with Gasteiger partial charge in [-0.15, -0.1) is 11.8 Å². The zero-order valence-corrected chi connectivity index (χ0v) is 18.8. The van der Waals surface area contributed by atoms with Gasteiger partial charge in [-0.3, -0.25) is 14.3 Å². The van der Waals surface area contributed by atoms with Gasteiger partial charge in [0.05, 0.1) is 11.4 Å². The Labute approximate surface area is 192 Å². The topological polar surface area (TPSA) is 67.2 Å².